The first kappa shape index (κ1) is 16.2. The van der Waals surface area contributed by atoms with Crippen LogP contribution >= 0.6 is 0 Å². The number of rotatable bonds is 1. The second-order valence-corrected chi connectivity index (χ2v) is 5.73. The number of piperidine rings is 1. The molecule has 3 heterocycles. The number of halogens is 3. The predicted octanol–water partition coefficient (Wildman–Crippen LogP) is 2.39. The van der Waals surface area contributed by atoms with Crippen molar-refractivity contribution in [3.63, 3.8) is 0 Å². The summed E-state index contributed by atoms with van der Waals surface area (Å²) in [6.45, 7) is 3.40. The molecular formula is C15H17F3N2O3. The number of carbonyl (C=O) groups is 1. The molecule has 0 saturated carbocycles. The minimum Gasteiger partial charge on any atom is -0.347 e. The number of pyridine rings is 1. The van der Waals surface area contributed by atoms with E-state index in [9.17, 15) is 18.0 Å². The van der Waals surface area contributed by atoms with Gasteiger partial charge in [-0.1, -0.05) is 0 Å². The zero-order valence-electron chi connectivity index (χ0n) is 12.7. The van der Waals surface area contributed by atoms with Crippen molar-refractivity contribution in [2.75, 3.05) is 26.3 Å². The summed E-state index contributed by atoms with van der Waals surface area (Å²) in [5.74, 6) is -0.902. The van der Waals surface area contributed by atoms with Crippen LogP contribution in [-0.2, 0) is 15.7 Å². The summed E-state index contributed by atoms with van der Waals surface area (Å²) in [7, 11) is 0. The number of hydrogen-bond acceptors (Lipinski definition) is 4. The monoisotopic (exact) mass is 330 g/mol. The highest BCUT2D eigenvalue weighted by Gasteiger charge is 2.41. The summed E-state index contributed by atoms with van der Waals surface area (Å²) in [6, 6.07) is 2.04. The zero-order chi connectivity index (χ0) is 16.7. The van der Waals surface area contributed by atoms with E-state index in [0.717, 1.165) is 6.07 Å². The Kier molecular flexibility index (Phi) is 4.05. The molecule has 2 aliphatic heterocycles. The zero-order valence-corrected chi connectivity index (χ0v) is 12.7. The Balaban J connectivity index is 1.71. The van der Waals surface area contributed by atoms with Crippen LogP contribution < -0.4 is 0 Å². The molecule has 0 N–H and O–H groups in total. The molecule has 8 heteroatoms. The van der Waals surface area contributed by atoms with Gasteiger partial charge in [0.05, 0.1) is 24.5 Å². The molecule has 0 radical (unpaired) electrons. The second kappa shape index (κ2) is 5.76. The summed E-state index contributed by atoms with van der Waals surface area (Å²) in [5.41, 5.74) is -0.711. The van der Waals surface area contributed by atoms with Crippen LogP contribution in [0, 0.1) is 6.92 Å². The Morgan fingerprint density at radius 2 is 1.83 bits per heavy atom. The van der Waals surface area contributed by atoms with Crippen molar-refractivity contribution in [3.05, 3.63) is 29.1 Å². The third-order valence-electron chi connectivity index (χ3n) is 4.23. The number of nitrogens with zero attached hydrogens (tertiary/aromatic N) is 2. The third kappa shape index (κ3) is 3.18. The highest BCUT2D eigenvalue weighted by molar-refractivity contribution is 5.95. The van der Waals surface area contributed by atoms with Crippen molar-refractivity contribution in [3.8, 4) is 0 Å². The third-order valence-corrected chi connectivity index (χ3v) is 4.23. The SMILES string of the molecule is Cc1nc(C(F)(F)F)ccc1C(=O)N1CCC2(CC1)OCCO2. The Morgan fingerprint density at radius 1 is 1.22 bits per heavy atom. The first-order valence-corrected chi connectivity index (χ1v) is 7.43. The Morgan fingerprint density at radius 3 is 2.35 bits per heavy atom. The Bertz CT molecular complexity index is 602. The van der Waals surface area contributed by atoms with Gasteiger partial charge < -0.3 is 14.4 Å². The van der Waals surface area contributed by atoms with Gasteiger partial charge in [-0.05, 0) is 19.1 Å². The summed E-state index contributed by atoms with van der Waals surface area (Å²) in [6.07, 6.45) is -3.39. The van der Waals surface area contributed by atoms with Gasteiger partial charge in [-0.3, -0.25) is 4.79 Å². The standard InChI is InChI=1S/C15H17F3N2O3/c1-10-11(2-3-12(19-10)15(16,17)18)13(21)20-6-4-14(5-7-20)22-8-9-23-14/h2-3H,4-9H2,1H3. The van der Waals surface area contributed by atoms with Crippen LogP contribution in [0.4, 0.5) is 13.2 Å². The molecule has 0 unspecified atom stereocenters. The average Bonchev–Trinajstić information content (AvgIpc) is 2.94. The molecule has 0 aliphatic carbocycles. The Hall–Kier alpha value is -1.67. The highest BCUT2D eigenvalue weighted by Crippen LogP contribution is 2.32. The lowest BCUT2D eigenvalue weighted by Crippen LogP contribution is -2.47. The van der Waals surface area contributed by atoms with Crippen molar-refractivity contribution in [1.29, 1.82) is 0 Å². The number of carbonyl (C=O) groups excluding carboxylic acids is 1. The fraction of sp³-hybridized carbons (Fsp3) is 0.600. The lowest BCUT2D eigenvalue weighted by Gasteiger charge is -2.37. The molecular weight excluding hydrogens is 313 g/mol. The Labute approximate surface area is 131 Å². The van der Waals surface area contributed by atoms with Crippen LogP contribution in [0.2, 0.25) is 0 Å². The second-order valence-electron chi connectivity index (χ2n) is 5.73. The van der Waals surface area contributed by atoms with Gasteiger partial charge in [0.2, 0.25) is 0 Å². The normalized spacial score (nSPS) is 21.0. The topological polar surface area (TPSA) is 51.7 Å². The van der Waals surface area contributed by atoms with Crippen LogP contribution in [0.3, 0.4) is 0 Å². The number of aromatic nitrogens is 1. The molecule has 0 atom stereocenters. The van der Waals surface area contributed by atoms with E-state index in [1.807, 2.05) is 0 Å². The fourth-order valence-corrected chi connectivity index (χ4v) is 2.95. The minimum atomic E-state index is -4.51. The molecule has 126 valence electrons. The molecule has 2 fully saturated rings. The number of likely N-dealkylation sites (tertiary alicyclic amines) is 1. The van der Waals surface area contributed by atoms with E-state index in [4.69, 9.17) is 9.47 Å². The lowest BCUT2D eigenvalue weighted by atomic mass is 10.0. The smallest absolute Gasteiger partial charge is 0.347 e. The van der Waals surface area contributed by atoms with Gasteiger partial charge in [0.15, 0.2) is 5.79 Å². The number of ether oxygens (including phenoxy) is 2. The van der Waals surface area contributed by atoms with Crippen molar-refractivity contribution < 1.29 is 27.4 Å². The maximum absolute atomic E-state index is 12.6. The van der Waals surface area contributed by atoms with E-state index in [-0.39, 0.29) is 17.2 Å². The summed E-state index contributed by atoms with van der Waals surface area (Å²) >= 11 is 0. The number of aryl methyl sites for hydroxylation is 1. The predicted molar refractivity (Wildman–Crippen MR) is 73.7 cm³/mol. The van der Waals surface area contributed by atoms with E-state index in [0.29, 0.717) is 39.1 Å². The highest BCUT2D eigenvalue weighted by atomic mass is 19.4. The summed E-state index contributed by atoms with van der Waals surface area (Å²) in [4.78, 5) is 17.6. The minimum absolute atomic E-state index is 0.0819. The molecule has 3 rings (SSSR count). The molecule has 2 saturated heterocycles. The summed E-state index contributed by atoms with van der Waals surface area (Å²) < 4.78 is 49.1. The fourth-order valence-electron chi connectivity index (χ4n) is 2.95. The molecule has 1 spiro atoms. The van der Waals surface area contributed by atoms with Crippen molar-refractivity contribution >= 4 is 5.91 Å². The summed E-state index contributed by atoms with van der Waals surface area (Å²) in [5, 5.41) is 0. The van der Waals surface area contributed by atoms with E-state index in [1.165, 1.54) is 13.0 Å². The molecule has 1 aromatic rings. The van der Waals surface area contributed by atoms with Crippen LogP contribution in [0.1, 0.15) is 34.6 Å². The molecule has 23 heavy (non-hydrogen) atoms. The van der Waals surface area contributed by atoms with Gasteiger partial charge in [0.1, 0.15) is 5.69 Å². The van der Waals surface area contributed by atoms with Crippen molar-refractivity contribution in [1.82, 2.24) is 9.88 Å². The molecule has 2 aliphatic rings. The van der Waals surface area contributed by atoms with Crippen molar-refractivity contribution in [2.24, 2.45) is 0 Å². The van der Waals surface area contributed by atoms with Crippen LogP contribution in [0.25, 0.3) is 0 Å². The van der Waals surface area contributed by atoms with Crippen LogP contribution in [0.5, 0.6) is 0 Å². The van der Waals surface area contributed by atoms with E-state index in [2.05, 4.69) is 4.98 Å². The first-order chi connectivity index (χ1) is 10.8. The van der Waals surface area contributed by atoms with Gasteiger partial charge >= 0.3 is 6.18 Å². The average molecular weight is 330 g/mol. The maximum Gasteiger partial charge on any atom is 0.433 e. The van der Waals surface area contributed by atoms with Crippen LogP contribution in [0.15, 0.2) is 12.1 Å². The van der Waals surface area contributed by atoms with E-state index >= 15 is 0 Å². The maximum atomic E-state index is 12.6. The van der Waals surface area contributed by atoms with Gasteiger partial charge in [-0.25, -0.2) is 4.98 Å². The number of amides is 1. The quantitative estimate of drug-likeness (QED) is 0.793. The molecule has 1 amide bonds. The number of hydrogen-bond donors (Lipinski definition) is 0. The van der Waals surface area contributed by atoms with Crippen LogP contribution in [-0.4, -0.2) is 47.9 Å². The number of alkyl halides is 3. The van der Waals surface area contributed by atoms with Gasteiger partial charge in [0.25, 0.3) is 5.91 Å². The molecule has 0 bridgehead atoms. The van der Waals surface area contributed by atoms with E-state index in [1.54, 1.807) is 4.90 Å². The van der Waals surface area contributed by atoms with Gasteiger partial charge in [-0.2, -0.15) is 13.2 Å². The van der Waals surface area contributed by atoms with Gasteiger partial charge in [-0.15, -0.1) is 0 Å². The van der Waals surface area contributed by atoms with Crippen molar-refractivity contribution in [2.45, 2.75) is 31.7 Å². The first-order valence-electron chi connectivity index (χ1n) is 7.43. The molecule has 5 nitrogen and oxygen atoms in total. The molecule has 0 aromatic carbocycles. The largest absolute Gasteiger partial charge is 0.433 e. The van der Waals surface area contributed by atoms with Gasteiger partial charge in [0, 0.05) is 25.9 Å². The lowest BCUT2D eigenvalue weighted by molar-refractivity contribution is -0.181. The molecule has 1 aromatic heterocycles. The van der Waals surface area contributed by atoms with E-state index < -0.39 is 17.7 Å².